The van der Waals surface area contributed by atoms with Crippen molar-refractivity contribution in [2.45, 2.75) is 6.54 Å². The third-order valence-electron chi connectivity index (χ3n) is 2.21. The van der Waals surface area contributed by atoms with Gasteiger partial charge in [0.25, 0.3) is 5.91 Å². The highest BCUT2D eigenvalue weighted by atomic mass is 35.5. The minimum atomic E-state index is -0.266. The van der Waals surface area contributed by atoms with Crippen molar-refractivity contribution in [3.8, 4) is 0 Å². The topological polar surface area (TPSA) is 59.8 Å². The van der Waals surface area contributed by atoms with Gasteiger partial charge in [0.2, 0.25) is 0 Å². The number of aromatic nitrogens is 3. The Balaban J connectivity index is 1.95. The normalized spacial score (nSPS) is 10.2. The van der Waals surface area contributed by atoms with Gasteiger partial charge in [-0.05, 0) is 23.8 Å². The Labute approximate surface area is 103 Å². The molecule has 0 spiro atoms. The molecule has 5 nitrogen and oxygen atoms in total. The van der Waals surface area contributed by atoms with Crippen molar-refractivity contribution in [2.75, 3.05) is 0 Å². The average molecular weight is 251 g/mol. The van der Waals surface area contributed by atoms with Gasteiger partial charge in [-0.25, -0.2) is 0 Å². The smallest absolute Gasteiger partial charge is 0.272 e. The van der Waals surface area contributed by atoms with Crippen molar-refractivity contribution in [3.63, 3.8) is 0 Å². The summed E-state index contributed by atoms with van der Waals surface area (Å²) in [4.78, 5) is 11.7. The summed E-state index contributed by atoms with van der Waals surface area (Å²) < 4.78 is 1.92. The minimum absolute atomic E-state index is 0.255. The predicted octanol–water partition coefficient (Wildman–Crippen LogP) is 1.40. The van der Waals surface area contributed by atoms with E-state index in [1.807, 2.05) is 30.1 Å². The molecule has 0 aliphatic carbocycles. The Kier molecular flexibility index (Phi) is 3.39. The van der Waals surface area contributed by atoms with Crippen LogP contribution in [0.25, 0.3) is 0 Å². The molecule has 0 aliphatic rings. The number of carbonyl (C=O) groups excluding carboxylic acids is 1. The molecule has 0 aliphatic heterocycles. The van der Waals surface area contributed by atoms with E-state index in [0.717, 1.165) is 5.56 Å². The van der Waals surface area contributed by atoms with Crippen molar-refractivity contribution in [1.82, 2.24) is 20.1 Å². The number of nitrogens with one attached hydrogen (secondary N) is 1. The van der Waals surface area contributed by atoms with Gasteiger partial charge in [-0.1, -0.05) is 11.6 Å². The van der Waals surface area contributed by atoms with Crippen LogP contribution in [0.15, 0.2) is 30.6 Å². The van der Waals surface area contributed by atoms with Crippen LogP contribution in [0, 0.1) is 0 Å². The van der Waals surface area contributed by atoms with Crippen LogP contribution in [0.1, 0.15) is 16.1 Å². The van der Waals surface area contributed by atoms with Gasteiger partial charge >= 0.3 is 0 Å². The second-order valence-corrected chi connectivity index (χ2v) is 4.00. The summed E-state index contributed by atoms with van der Waals surface area (Å²) in [5.41, 5.74) is 1.29. The second-order valence-electron chi connectivity index (χ2n) is 3.61. The van der Waals surface area contributed by atoms with Gasteiger partial charge in [0, 0.05) is 26.0 Å². The second kappa shape index (κ2) is 4.97. The summed E-state index contributed by atoms with van der Waals surface area (Å²) in [6.45, 7) is 0.462. The number of hydrogen-bond donors (Lipinski definition) is 1. The summed E-state index contributed by atoms with van der Waals surface area (Å²) in [5.74, 6) is -0.266. The maximum atomic E-state index is 11.7. The maximum Gasteiger partial charge on any atom is 0.272 e. The Morgan fingerprint density at radius 1 is 1.41 bits per heavy atom. The lowest BCUT2D eigenvalue weighted by atomic mass is 10.3. The molecular weight excluding hydrogens is 240 g/mol. The molecule has 0 saturated carbocycles. The lowest BCUT2D eigenvalue weighted by molar-refractivity contribution is 0.0945. The molecule has 0 fully saturated rings. The molecule has 2 heterocycles. The van der Waals surface area contributed by atoms with Crippen molar-refractivity contribution in [2.24, 2.45) is 7.05 Å². The fraction of sp³-hybridized carbons (Fsp3) is 0.182. The molecule has 88 valence electrons. The van der Waals surface area contributed by atoms with E-state index in [1.54, 1.807) is 0 Å². The van der Waals surface area contributed by atoms with Crippen LogP contribution in [-0.4, -0.2) is 20.7 Å². The third kappa shape index (κ3) is 3.04. The monoisotopic (exact) mass is 250 g/mol. The Morgan fingerprint density at radius 2 is 2.24 bits per heavy atom. The number of rotatable bonds is 3. The average Bonchev–Trinajstić information content (AvgIpc) is 2.73. The molecule has 2 aromatic rings. The van der Waals surface area contributed by atoms with E-state index < -0.39 is 0 Å². The number of aryl methyl sites for hydroxylation is 1. The van der Waals surface area contributed by atoms with Crippen LogP contribution in [0.3, 0.4) is 0 Å². The van der Waals surface area contributed by atoms with Crippen molar-refractivity contribution in [3.05, 3.63) is 47.0 Å². The molecular formula is C11H11ClN4O. The molecule has 1 amide bonds. The lowest BCUT2D eigenvalue weighted by Crippen LogP contribution is -2.23. The van der Waals surface area contributed by atoms with Gasteiger partial charge in [0.05, 0.1) is 0 Å². The summed E-state index contributed by atoms with van der Waals surface area (Å²) in [6, 6.07) is 5.01. The Hall–Kier alpha value is -1.88. The molecule has 2 aromatic heterocycles. The predicted molar refractivity (Wildman–Crippen MR) is 63.6 cm³/mol. The molecule has 17 heavy (non-hydrogen) atoms. The number of halogens is 1. The van der Waals surface area contributed by atoms with E-state index in [9.17, 15) is 4.79 Å². The first-order valence-corrected chi connectivity index (χ1v) is 5.41. The highest BCUT2D eigenvalue weighted by Gasteiger charge is 2.07. The van der Waals surface area contributed by atoms with E-state index in [0.29, 0.717) is 6.54 Å². The first-order valence-electron chi connectivity index (χ1n) is 5.03. The van der Waals surface area contributed by atoms with Crippen LogP contribution in [0.4, 0.5) is 0 Å². The van der Waals surface area contributed by atoms with Crippen LogP contribution in [0.2, 0.25) is 5.15 Å². The summed E-state index contributed by atoms with van der Waals surface area (Å²) in [6.07, 6.45) is 3.86. The van der Waals surface area contributed by atoms with Gasteiger partial charge in [-0.15, -0.1) is 10.2 Å². The number of nitrogens with zero attached hydrogens (tertiary/aromatic N) is 3. The molecule has 6 heteroatoms. The van der Waals surface area contributed by atoms with Gasteiger partial charge in [-0.3, -0.25) is 4.79 Å². The fourth-order valence-electron chi connectivity index (χ4n) is 1.38. The zero-order valence-electron chi connectivity index (χ0n) is 9.22. The highest BCUT2D eigenvalue weighted by Crippen LogP contribution is 2.03. The van der Waals surface area contributed by atoms with Gasteiger partial charge in [0.15, 0.2) is 10.8 Å². The van der Waals surface area contributed by atoms with E-state index in [4.69, 9.17) is 11.6 Å². The van der Waals surface area contributed by atoms with Crippen molar-refractivity contribution >= 4 is 17.5 Å². The largest absolute Gasteiger partial charge is 0.357 e. The maximum absolute atomic E-state index is 11.7. The standard InChI is InChI=1S/C11H11ClN4O/c1-16-5-4-8(7-16)6-13-11(17)9-2-3-10(12)15-14-9/h2-5,7H,6H2,1H3,(H,13,17). The summed E-state index contributed by atoms with van der Waals surface area (Å²) >= 11 is 5.58. The molecule has 0 radical (unpaired) electrons. The quantitative estimate of drug-likeness (QED) is 0.896. The van der Waals surface area contributed by atoms with Gasteiger partial charge < -0.3 is 9.88 Å². The van der Waals surface area contributed by atoms with E-state index >= 15 is 0 Å². The molecule has 0 saturated heterocycles. The molecule has 0 atom stereocenters. The van der Waals surface area contributed by atoms with Crippen LogP contribution in [0.5, 0.6) is 0 Å². The first-order chi connectivity index (χ1) is 8.15. The molecule has 1 N–H and O–H groups in total. The van der Waals surface area contributed by atoms with Crippen LogP contribution < -0.4 is 5.32 Å². The Bertz CT molecular complexity index is 521. The SMILES string of the molecule is Cn1ccc(CNC(=O)c2ccc(Cl)nn2)c1. The van der Waals surface area contributed by atoms with Crippen molar-refractivity contribution < 1.29 is 4.79 Å². The molecule has 0 bridgehead atoms. The zero-order valence-corrected chi connectivity index (χ0v) is 9.98. The zero-order chi connectivity index (χ0) is 12.3. The summed E-state index contributed by atoms with van der Waals surface area (Å²) in [5, 5.41) is 10.3. The van der Waals surface area contributed by atoms with Crippen LogP contribution in [-0.2, 0) is 13.6 Å². The first kappa shape index (κ1) is 11.6. The molecule has 2 rings (SSSR count). The van der Waals surface area contributed by atoms with E-state index in [-0.39, 0.29) is 16.8 Å². The summed E-state index contributed by atoms with van der Waals surface area (Å²) in [7, 11) is 1.93. The molecule has 0 unspecified atom stereocenters. The fourth-order valence-corrected chi connectivity index (χ4v) is 1.48. The van der Waals surface area contributed by atoms with E-state index in [1.165, 1.54) is 12.1 Å². The number of amides is 1. The molecule has 0 aromatic carbocycles. The highest BCUT2D eigenvalue weighted by molar-refractivity contribution is 6.29. The van der Waals surface area contributed by atoms with Gasteiger partial charge in [-0.2, -0.15) is 0 Å². The Morgan fingerprint density at radius 3 is 2.82 bits per heavy atom. The van der Waals surface area contributed by atoms with E-state index in [2.05, 4.69) is 15.5 Å². The minimum Gasteiger partial charge on any atom is -0.357 e. The van der Waals surface area contributed by atoms with Crippen LogP contribution >= 0.6 is 11.6 Å². The van der Waals surface area contributed by atoms with Gasteiger partial charge in [0.1, 0.15) is 0 Å². The number of hydrogen-bond acceptors (Lipinski definition) is 3. The van der Waals surface area contributed by atoms with Crippen molar-refractivity contribution in [1.29, 1.82) is 0 Å². The third-order valence-corrected chi connectivity index (χ3v) is 2.41. The lowest BCUT2D eigenvalue weighted by Gasteiger charge is -2.02. The number of carbonyl (C=O) groups is 1.